The number of furan rings is 1. The lowest BCUT2D eigenvalue weighted by Crippen LogP contribution is -2.44. The zero-order valence-electron chi connectivity index (χ0n) is 11.6. The van der Waals surface area contributed by atoms with Gasteiger partial charge in [0.1, 0.15) is 11.5 Å². The van der Waals surface area contributed by atoms with E-state index >= 15 is 0 Å². The van der Waals surface area contributed by atoms with Gasteiger partial charge in [0.05, 0.1) is 5.60 Å². The molecule has 0 aliphatic rings. The van der Waals surface area contributed by atoms with Crippen molar-refractivity contribution >= 4 is 5.91 Å². The molecule has 0 fully saturated rings. The molecule has 4 heteroatoms. The Morgan fingerprint density at radius 2 is 2.17 bits per heavy atom. The van der Waals surface area contributed by atoms with E-state index < -0.39 is 5.60 Å². The molecule has 1 rings (SSSR count). The molecule has 1 heterocycles. The van der Waals surface area contributed by atoms with Crippen molar-refractivity contribution in [3.63, 3.8) is 0 Å². The summed E-state index contributed by atoms with van der Waals surface area (Å²) in [5.74, 6) is 1.71. The average molecular weight is 253 g/mol. The van der Waals surface area contributed by atoms with Crippen molar-refractivity contribution in [1.82, 2.24) is 5.32 Å². The fraction of sp³-hybridized carbons (Fsp3) is 0.643. The molecule has 0 aromatic carbocycles. The van der Waals surface area contributed by atoms with E-state index in [4.69, 9.17) is 4.42 Å². The fourth-order valence-corrected chi connectivity index (χ4v) is 1.43. The summed E-state index contributed by atoms with van der Waals surface area (Å²) in [5.41, 5.74) is -0.864. The molecule has 1 aromatic heterocycles. The van der Waals surface area contributed by atoms with Gasteiger partial charge in [-0.2, -0.15) is 0 Å². The Hall–Kier alpha value is -1.29. The summed E-state index contributed by atoms with van der Waals surface area (Å²) >= 11 is 0. The highest BCUT2D eigenvalue weighted by Gasteiger charge is 2.25. The van der Waals surface area contributed by atoms with Crippen molar-refractivity contribution in [3.8, 4) is 0 Å². The van der Waals surface area contributed by atoms with E-state index in [1.807, 2.05) is 32.9 Å². The number of nitrogens with one attached hydrogen (secondary N) is 1. The summed E-state index contributed by atoms with van der Waals surface area (Å²) in [4.78, 5) is 11.6. The molecule has 1 unspecified atom stereocenters. The van der Waals surface area contributed by atoms with E-state index in [0.717, 1.165) is 11.5 Å². The van der Waals surface area contributed by atoms with Crippen LogP contribution in [-0.2, 0) is 11.2 Å². The zero-order chi connectivity index (χ0) is 13.8. The van der Waals surface area contributed by atoms with Gasteiger partial charge in [-0.3, -0.25) is 4.79 Å². The van der Waals surface area contributed by atoms with Gasteiger partial charge in [-0.1, -0.05) is 13.8 Å². The van der Waals surface area contributed by atoms with Gasteiger partial charge in [0.15, 0.2) is 0 Å². The van der Waals surface area contributed by atoms with Crippen molar-refractivity contribution in [1.29, 1.82) is 0 Å². The third-order valence-corrected chi connectivity index (χ3v) is 3.28. The molecule has 0 bridgehead atoms. The first kappa shape index (κ1) is 14.8. The lowest BCUT2D eigenvalue weighted by Gasteiger charge is -2.27. The van der Waals surface area contributed by atoms with E-state index in [1.165, 1.54) is 0 Å². The molecule has 0 aliphatic carbocycles. The number of carbonyl (C=O) groups excluding carboxylic acids is 1. The summed E-state index contributed by atoms with van der Waals surface area (Å²) in [6.45, 7) is 7.74. The third-order valence-electron chi connectivity index (χ3n) is 3.28. The van der Waals surface area contributed by atoms with E-state index in [1.54, 1.807) is 6.92 Å². The fourth-order valence-electron chi connectivity index (χ4n) is 1.43. The van der Waals surface area contributed by atoms with Crippen molar-refractivity contribution in [3.05, 3.63) is 23.7 Å². The maximum absolute atomic E-state index is 11.6. The molecule has 0 aliphatic heterocycles. The molecule has 1 aromatic rings. The predicted octanol–water partition coefficient (Wildman–Crippen LogP) is 2.04. The predicted molar refractivity (Wildman–Crippen MR) is 70.2 cm³/mol. The summed E-state index contributed by atoms with van der Waals surface area (Å²) in [6, 6.07) is 3.77. The number of rotatable bonds is 6. The smallest absolute Gasteiger partial charge is 0.220 e. The minimum absolute atomic E-state index is 0.0648. The van der Waals surface area contributed by atoms with Crippen LogP contribution in [0, 0.1) is 12.8 Å². The zero-order valence-corrected chi connectivity index (χ0v) is 11.6. The van der Waals surface area contributed by atoms with Gasteiger partial charge in [0.2, 0.25) is 5.91 Å². The Labute approximate surface area is 108 Å². The van der Waals surface area contributed by atoms with Gasteiger partial charge in [-0.15, -0.1) is 0 Å². The second-order valence-electron chi connectivity index (χ2n) is 5.30. The van der Waals surface area contributed by atoms with Crippen LogP contribution in [0.25, 0.3) is 0 Å². The molecular formula is C14H23NO3. The lowest BCUT2D eigenvalue weighted by atomic mass is 9.92. The maximum atomic E-state index is 11.6. The van der Waals surface area contributed by atoms with Crippen LogP contribution in [0.2, 0.25) is 0 Å². The Bertz CT molecular complexity index is 393. The standard InChI is InChI=1S/C14H23NO3/c1-10(2)14(4,17)9-15-13(16)8-7-12-6-5-11(3)18-12/h5-6,10,17H,7-9H2,1-4H3,(H,15,16). The van der Waals surface area contributed by atoms with Gasteiger partial charge in [-0.25, -0.2) is 0 Å². The molecule has 0 radical (unpaired) electrons. The van der Waals surface area contributed by atoms with Crippen LogP contribution in [0.1, 0.15) is 38.7 Å². The molecule has 4 nitrogen and oxygen atoms in total. The van der Waals surface area contributed by atoms with Crippen LogP contribution in [0.5, 0.6) is 0 Å². The molecule has 1 atom stereocenters. The molecule has 2 N–H and O–H groups in total. The number of aryl methyl sites for hydroxylation is 2. The van der Waals surface area contributed by atoms with Crippen LogP contribution >= 0.6 is 0 Å². The lowest BCUT2D eigenvalue weighted by molar-refractivity contribution is -0.122. The van der Waals surface area contributed by atoms with Crippen molar-refractivity contribution in [2.75, 3.05) is 6.54 Å². The highest BCUT2D eigenvalue weighted by molar-refractivity contribution is 5.76. The molecule has 0 spiro atoms. The molecule has 18 heavy (non-hydrogen) atoms. The normalized spacial score (nSPS) is 14.6. The SMILES string of the molecule is Cc1ccc(CCC(=O)NCC(C)(O)C(C)C)o1. The van der Waals surface area contributed by atoms with E-state index in [-0.39, 0.29) is 18.4 Å². The molecular weight excluding hydrogens is 230 g/mol. The highest BCUT2D eigenvalue weighted by Crippen LogP contribution is 2.14. The minimum atomic E-state index is -0.864. The highest BCUT2D eigenvalue weighted by atomic mass is 16.3. The second kappa shape index (κ2) is 6.05. The Morgan fingerprint density at radius 1 is 1.50 bits per heavy atom. The second-order valence-corrected chi connectivity index (χ2v) is 5.30. The molecule has 102 valence electrons. The van der Waals surface area contributed by atoms with Crippen LogP contribution < -0.4 is 5.32 Å². The molecule has 1 amide bonds. The third kappa shape index (κ3) is 4.53. The summed E-state index contributed by atoms with van der Waals surface area (Å²) in [7, 11) is 0. The number of aliphatic hydroxyl groups is 1. The number of hydrogen-bond acceptors (Lipinski definition) is 3. The number of amides is 1. The molecule has 0 saturated carbocycles. The Kier molecular flexibility index (Phi) is 4.96. The minimum Gasteiger partial charge on any atom is -0.466 e. The number of carbonyl (C=O) groups is 1. The van der Waals surface area contributed by atoms with Crippen molar-refractivity contribution in [2.24, 2.45) is 5.92 Å². The monoisotopic (exact) mass is 253 g/mol. The first-order chi connectivity index (χ1) is 8.31. The van der Waals surface area contributed by atoms with Gasteiger partial charge in [-0.05, 0) is 31.9 Å². The van der Waals surface area contributed by atoms with Crippen LogP contribution in [0.4, 0.5) is 0 Å². The van der Waals surface area contributed by atoms with Crippen LogP contribution in [0.3, 0.4) is 0 Å². The van der Waals surface area contributed by atoms with Crippen molar-refractivity contribution < 1.29 is 14.3 Å². The quantitative estimate of drug-likeness (QED) is 0.815. The largest absolute Gasteiger partial charge is 0.466 e. The summed E-state index contributed by atoms with van der Waals surface area (Å²) in [6.07, 6.45) is 0.963. The van der Waals surface area contributed by atoms with Crippen LogP contribution in [-0.4, -0.2) is 23.2 Å². The van der Waals surface area contributed by atoms with E-state index in [0.29, 0.717) is 12.8 Å². The first-order valence-electron chi connectivity index (χ1n) is 6.35. The Morgan fingerprint density at radius 3 is 2.67 bits per heavy atom. The van der Waals surface area contributed by atoms with Gasteiger partial charge in [0, 0.05) is 19.4 Å². The van der Waals surface area contributed by atoms with Gasteiger partial charge in [0.25, 0.3) is 0 Å². The van der Waals surface area contributed by atoms with Crippen molar-refractivity contribution in [2.45, 2.75) is 46.1 Å². The van der Waals surface area contributed by atoms with E-state index in [2.05, 4.69) is 5.32 Å². The topological polar surface area (TPSA) is 62.5 Å². The summed E-state index contributed by atoms with van der Waals surface area (Å²) < 4.78 is 5.39. The molecule has 0 saturated heterocycles. The maximum Gasteiger partial charge on any atom is 0.220 e. The summed E-state index contributed by atoms with van der Waals surface area (Å²) in [5, 5.41) is 12.7. The number of hydrogen-bond donors (Lipinski definition) is 2. The first-order valence-corrected chi connectivity index (χ1v) is 6.35. The van der Waals surface area contributed by atoms with E-state index in [9.17, 15) is 9.90 Å². The average Bonchev–Trinajstić information content (AvgIpc) is 2.69. The Balaban J connectivity index is 2.30. The van der Waals surface area contributed by atoms with Gasteiger partial charge >= 0.3 is 0 Å². The van der Waals surface area contributed by atoms with Gasteiger partial charge < -0.3 is 14.8 Å². The van der Waals surface area contributed by atoms with Crippen LogP contribution in [0.15, 0.2) is 16.5 Å².